The molecule has 15 heavy (non-hydrogen) atoms. The average molecular weight is 227 g/mol. The number of rotatable bonds is 4. The van der Waals surface area contributed by atoms with Crippen LogP contribution in [0.2, 0.25) is 5.02 Å². The lowest BCUT2D eigenvalue weighted by atomic mass is 10.1. The minimum Gasteiger partial charge on any atom is -0.478 e. The zero-order valence-electron chi connectivity index (χ0n) is 7.98. The Hall–Kier alpha value is -1.32. The van der Waals surface area contributed by atoms with E-state index < -0.39 is 5.97 Å². The topological polar surface area (TPSA) is 57.5 Å². The van der Waals surface area contributed by atoms with Gasteiger partial charge in [0.1, 0.15) is 0 Å². The lowest BCUT2D eigenvalue weighted by molar-refractivity contribution is 0.0696. The van der Waals surface area contributed by atoms with Crippen molar-refractivity contribution in [2.24, 2.45) is 0 Å². The summed E-state index contributed by atoms with van der Waals surface area (Å²) in [7, 11) is 0. The molecule has 0 fully saturated rings. The number of aliphatic hydroxyl groups excluding tert-OH is 1. The van der Waals surface area contributed by atoms with E-state index in [1.54, 1.807) is 18.2 Å². The van der Waals surface area contributed by atoms with Crippen molar-refractivity contribution in [1.82, 2.24) is 0 Å². The molecule has 2 N–H and O–H groups in total. The Bertz CT molecular complexity index is 385. The predicted octanol–water partition coefficient (Wildman–Crippen LogP) is 2.43. The summed E-state index contributed by atoms with van der Waals surface area (Å²) in [6, 6.07) is 4.58. The molecular weight excluding hydrogens is 216 g/mol. The van der Waals surface area contributed by atoms with Gasteiger partial charge < -0.3 is 10.2 Å². The molecule has 4 heteroatoms. The van der Waals surface area contributed by atoms with Crippen LogP contribution in [-0.4, -0.2) is 22.8 Å². The molecule has 0 saturated heterocycles. The van der Waals surface area contributed by atoms with Gasteiger partial charge in [-0.3, -0.25) is 0 Å². The fraction of sp³-hybridized carbons (Fsp3) is 0.182. The molecule has 0 atom stereocenters. The van der Waals surface area contributed by atoms with Gasteiger partial charge in [0.2, 0.25) is 0 Å². The van der Waals surface area contributed by atoms with Crippen molar-refractivity contribution >= 4 is 23.6 Å². The van der Waals surface area contributed by atoms with Crippen LogP contribution in [0.5, 0.6) is 0 Å². The van der Waals surface area contributed by atoms with E-state index in [0.29, 0.717) is 17.0 Å². The standard InChI is InChI=1S/C11H11ClO3/c12-9-4-5-10(11(14)15)8(7-9)3-1-2-6-13/h1,3-5,7,13H,2,6H2,(H,14,15). The van der Waals surface area contributed by atoms with Gasteiger partial charge in [-0.1, -0.05) is 23.8 Å². The first-order chi connectivity index (χ1) is 7.15. The second-order valence-corrected chi connectivity index (χ2v) is 3.39. The maximum atomic E-state index is 10.8. The third-order valence-electron chi connectivity index (χ3n) is 1.84. The number of aromatic carboxylic acids is 1. The van der Waals surface area contributed by atoms with Crippen molar-refractivity contribution in [3.8, 4) is 0 Å². The Morgan fingerprint density at radius 2 is 2.20 bits per heavy atom. The molecule has 0 amide bonds. The largest absolute Gasteiger partial charge is 0.478 e. The van der Waals surface area contributed by atoms with E-state index in [-0.39, 0.29) is 12.2 Å². The van der Waals surface area contributed by atoms with E-state index in [1.807, 2.05) is 0 Å². The van der Waals surface area contributed by atoms with E-state index in [0.717, 1.165) is 0 Å². The van der Waals surface area contributed by atoms with Crippen molar-refractivity contribution < 1.29 is 15.0 Å². The molecule has 0 radical (unpaired) electrons. The molecule has 1 rings (SSSR count). The van der Waals surface area contributed by atoms with Crippen LogP contribution in [0.4, 0.5) is 0 Å². The first-order valence-corrected chi connectivity index (χ1v) is 4.83. The molecule has 0 aliphatic heterocycles. The van der Waals surface area contributed by atoms with Gasteiger partial charge in [-0.15, -0.1) is 0 Å². The molecule has 0 aliphatic rings. The number of benzene rings is 1. The summed E-state index contributed by atoms with van der Waals surface area (Å²) >= 11 is 5.76. The van der Waals surface area contributed by atoms with Gasteiger partial charge in [0.05, 0.1) is 5.56 Å². The van der Waals surface area contributed by atoms with Crippen molar-refractivity contribution in [2.75, 3.05) is 6.61 Å². The maximum absolute atomic E-state index is 10.8. The number of carbonyl (C=O) groups is 1. The van der Waals surface area contributed by atoms with Crippen molar-refractivity contribution in [1.29, 1.82) is 0 Å². The smallest absolute Gasteiger partial charge is 0.336 e. The Morgan fingerprint density at radius 1 is 1.47 bits per heavy atom. The minimum absolute atomic E-state index is 0.0411. The van der Waals surface area contributed by atoms with Crippen molar-refractivity contribution in [2.45, 2.75) is 6.42 Å². The molecule has 0 saturated carbocycles. The Balaban J connectivity index is 3.02. The van der Waals surface area contributed by atoms with E-state index in [2.05, 4.69) is 0 Å². The zero-order valence-corrected chi connectivity index (χ0v) is 8.74. The predicted molar refractivity (Wildman–Crippen MR) is 59.1 cm³/mol. The second kappa shape index (κ2) is 5.53. The molecular formula is C11H11ClO3. The maximum Gasteiger partial charge on any atom is 0.336 e. The third kappa shape index (κ3) is 3.38. The van der Waals surface area contributed by atoms with Crippen LogP contribution in [0.15, 0.2) is 24.3 Å². The number of aliphatic hydroxyl groups is 1. The lowest BCUT2D eigenvalue weighted by Crippen LogP contribution is -1.98. The van der Waals surface area contributed by atoms with Gasteiger partial charge in [0, 0.05) is 11.6 Å². The van der Waals surface area contributed by atoms with Gasteiger partial charge in [0.15, 0.2) is 0 Å². The summed E-state index contributed by atoms with van der Waals surface area (Å²) < 4.78 is 0. The summed E-state index contributed by atoms with van der Waals surface area (Å²) in [6.07, 6.45) is 3.84. The summed E-state index contributed by atoms with van der Waals surface area (Å²) in [6.45, 7) is 0.0411. The summed E-state index contributed by atoms with van der Waals surface area (Å²) in [5, 5.41) is 18.0. The minimum atomic E-state index is -0.990. The van der Waals surface area contributed by atoms with Crippen LogP contribution >= 0.6 is 11.6 Å². The highest BCUT2D eigenvalue weighted by Crippen LogP contribution is 2.17. The summed E-state index contributed by atoms with van der Waals surface area (Å²) in [5.41, 5.74) is 0.747. The molecule has 0 spiro atoms. The van der Waals surface area contributed by atoms with Crippen LogP contribution in [0, 0.1) is 0 Å². The van der Waals surface area contributed by atoms with Gasteiger partial charge in [0.25, 0.3) is 0 Å². The quantitative estimate of drug-likeness (QED) is 0.829. The number of hydrogen-bond acceptors (Lipinski definition) is 2. The first kappa shape index (κ1) is 11.8. The highest BCUT2D eigenvalue weighted by Gasteiger charge is 2.07. The van der Waals surface area contributed by atoms with Gasteiger partial charge >= 0.3 is 5.97 Å². The van der Waals surface area contributed by atoms with Crippen LogP contribution < -0.4 is 0 Å². The van der Waals surface area contributed by atoms with Gasteiger partial charge in [-0.25, -0.2) is 4.79 Å². The fourth-order valence-corrected chi connectivity index (χ4v) is 1.33. The lowest BCUT2D eigenvalue weighted by Gasteiger charge is -2.01. The number of halogens is 1. The Labute approximate surface area is 92.6 Å². The average Bonchev–Trinajstić information content (AvgIpc) is 2.18. The van der Waals surface area contributed by atoms with E-state index in [1.165, 1.54) is 12.1 Å². The molecule has 80 valence electrons. The Kier molecular flexibility index (Phi) is 4.34. The van der Waals surface area contributed by atoms with Crippen LogP contribution in [0.25, 0.3) is 6.08 Å². The second-order valence-electron chi connectivity index (χ2n) is 2.95. The summed E-state index contributed by atoms with van der Waals surface area (Å²) in [5.74, 6) is -0.990. The monoisotopic (exact) mass is 226 g/mol. The van der Waals surface area contributed by atoms with E-state index in [4.69, 9.17) is 21.8 Å². The van der Waals surface area contributed by atoms with Crippen molar-refractivity contribution in [3.63, 3.8) is 0 Å². The first-order valence-electron chi connectivity index (χ1n) is 4.45. The van der Waals surface area contributed by atoms with E-state index in [9.17, 15) is 4.79 Å². The number of carboxylic acid groups (broad SMARTS) is 1. The normalized spacial score (nSPS) is 10.8. The van der Waals surface area contributed by atoms with Crippen LogP contribution in [0.1, 0.15) is 22.3 Å². The van der Waals surface area contributed by atoms with E-state index >= 15 is 0 Å². The summed E-state index contributed by atoms with van der Waals surface area (Å²) in [4.78, 5) is 10.8. The SMILES string of the molecule is O=C(O)c1ccc(Cl)cc1C=CCCO. The Morgan fingerprint density at radius 3 is 2.80 bits per heavy atom. The van der Waals surface area contributed by atoms with Crippen molar-refractivity contribution in [3.05, 3.63) is 40.4 Å². The van der Waals surface area contributed by atoms with Gasteiger partial charge in [-0.05, 0) is 30.2 Å². The van der Waals surface area contributed by atoms with Crippen LogP contribution in [-0.2, 0) is 0 Å². The molecule has 0 aliphatic carbocycles. The van der Waals surface area contributed by atoms with Crippen LogP contribution in [0.3, 0.4) is 0 Å². The third-order valence-corrected chi connectivity index (χ3v) is 2.07. The molecule has 0 aromatic heterocycles. The molecule has 1 aromatic rings. The highest BCUT2D eigenvalue weighted by atomic mass is 35.5. The number of carboxylic acids is 1. The molecule has 3 nitrogen and oxygen atoms in total. The highest BCUT2D eigenvalue weighted by molar-refractivity contribution is 6.30. The molecule has 0 heterocycles. The molecule has 0 unspecified atom stereocenters. The molecule has 0 bridgehead atoms. The fourth-order valence-electron chi connectivity index (χ4n) is 1.15. The number of hydrogen-bond donors (Lipinski definition) is 2. The zero-order chi connectivity index (χ0) is 11.3. The van der Waals surface area contributed by atoms with Gasteiger partial charge in [-0.2, -0.15) is 0 Å². The molecule has 1 aromatic carbocycles.